The summed E-state index contributed by atoms with van der Waals surface area (Å²) in [5.41, 5.74) is 5.70. The first kappa shape index (κ1) is 13.0. The molecule has 2 unspecified atom stereocenters. The fourth-order valence-electron chi connectivity index (χ4n) is 2.06. The van der Waals surface area contributed by atoms with Gasteiger partial charge in [-0.2, -0.15) is 0 Å². The maximum atomic E-state index is 5.70. The van der Waals surface area contributed by atoms with Gasteiger partial charge in [0.2, 0.25) is 0 Å². The summed E-state index contributed by atoms with van der Waals surface area (Å²) in [7, 11) is 2.14. The van der Waals surface area contributed by atoms with E-state index in [9.17, 15) is 0 Å². The fourth-order valence-corrected chi connectivity index (χ4v) is 2.06. The highest BCUT2D eigenvalue weighted by Gasteiger charge is 2.19. The molecule has 6 nitrogen and oxygen atoms in total. The third-order valence-corrected chi connectivity index (χ3v) is 3.02. The lowest BCUT2D eigenvalue weighted by Crippen LogP contribution is -2.26. The molecule has 0 saturated carbocycles. The number of nitrogens with zero attached hydrogens (tertiary/aromatic N) is 3. The van der Waals surface area contributed by atoms with Gasteiger partial charge in [-0.1, -0.05) is 0 Å². The second-order valence-electron chi connectivity index (χ2n) is 5.04. The number of nitrogens with two attached hydrogens (primary N) is 1. The van der Waals surface area contributed by atoms with Crippen molar-refractivity contribution < 1.29 is 0 Å². The second-order valence-corrected chi connectivity index (χ2v) is 5.04. The van der Waals surface area contributed by atoms with Gasteiger partial charge in [-0.05, 0) is 26.9 Å². The summed E-state index contributed by atoms with van der Waals surface area (Å²) in [5, 5.41) is 6.63. The molecule has 1 saturated heterocycles. The Balaban J connectivity index is 1.90. The molecule has 1 aromatic rings. The van der Waals surface area contributed by atoms with E-state index < -0.39 is 0 Å². The molecule has 1 aliphatic heterocycles. The van der Waals surface area contributed by atoms with Gasteiger partial charge in [-0.15, -0.1) is 0 Å². The Labute approximate surface area is 108 Å². The van der Waals surface area contributed by atoms with Gasteiger partial charge in [0.25, 0.3) is 0 Å². The van der Waals surface area contributed by atoms with Crippen molar-refractivity contribution in [3.8, 4) is 0 Å². The van der Waals surface area contributed by atoms with E-state index in [1.165, 1.54) is 0 Å². The molecule has 0 spiro atoms. The number of aromatic nitrogens is 2. The Kier molecular flexibility index (Phi) is 4.33. The fraction of sp³-hybridized carbons (Fsp3) is 0.667. The molecule has 2 rings (SSSR count). The highest BCUT2D eigenvalue weighted by molar-refractivity contribution is 5.47. The molecule has 0 bridgehead atoms. The third kappa shape index (κ3) is 3.82. The van der Waals surface area contributed by atoms with Crippen LogP contribution in [0, 0.1) is 0 Å². The Morgan fingerprint density at radius 1 is 1.50 bits per heavy atom. The number of nitrogens with one attached hydrogen (secondary N) is 2. The first-order valence-corrected chi connectivity index (χ1v) is 6.40. The number of rotatable bonds is 5. The standard InChI is InChI=1S/C12H22N6/c1-9(13)6-14-11-5-12(16-8-15-11)17-10-3-4-18(2)7-10/h5,8-10H,3-4,6-7,13H2,1-2H3,(H2,14,15,16,17). The topological polar surface area (TPSA) is 79.1 Å². The van der Waals surface area contributed by atoms with Crippen molar-refractivity contribution in [3.05, 3.63) is 12.4 Å². The lowest BCUT2D eigenvalue weighted by molar-refractivity contribution is 0.414. The number of likely N-dealkylation sites (N-methyl/N-ethyl adjacent to an activating group) is 1. The Morgan fingerprint density at radius 2 is 2.28 bits per heavy atom. The minimum absolute atomic E-state index is 0.111. The van der Waals surface area contributed by atoms with Crippen LogP contribution in [0.3, 0.4) is 0 Å². The van der Waals surface area contributed by atoms with Crippen LogP contribution in [0.5, 0.6) is 0 Å². The molecule has 100 valence electrons. The van der Waals surface area contributed by atoms with Crippen LogP contribution in [-0.2, 0) is 0 Å². The molecule has 2 atom stereocenters. The van der Waals surface area contributed by atoms with Crippen molar-refractivity contribution in [1.82, 2.24) is 14.9 Å². The predicted octanol–water partition coefficient (Wildman–Crippen LogP) is 0.352. The Hall–Kier alpha value is -1.40. The van der Waals surface area contributed by atoms with Crippen molar-refractivity contribution in [2.75, 3.05) is 37.3 Å². The number of anilines is 2. The first-order chi connectivity index (χ1) is 8.63. The average molecular weight is 250 g/mol. The maximum Gasteiger partial charge on any atom is 0.131 e. The summed E-state index contributed by atoms with van der Waals surface area (Å²) in [4.78, 5) is 10.7. The van der Waals surface area contributed by atoms with Crippen LogP contribution in [-0.4, -0.2) is 53.6 Å². The van der Waals surface area contributed by atoms with Crippen molar-refractivity contribution in [2.45, 2.75) is 25.4 Å². The van der Waals surface area contributed by atoms with E-state index in [-0.39, 0.29) is 6.04 Å². The van der Waals surface area contributed by atoms with Gasteiger partial charge in [-0.25, -0.2) is 9.97 Å². The van der Waals surface area contributed by atoms with Crippen LogP contribution in [0.25, 0.3) is 0 Å². The first-order valence-electron chi connectivity index (χ1n) is 6.40. The van der Waals surface area contributed by atoms with Crippen LogP contribution in [0.2, 0.25) is 0 Å². The van der Waals surface area contributed by atoms with Gasteiger partial charge in [0, 0.05) is 31.2 Å². The number of likely N-dealkylation sites (tertiary alicyclic amines) is 1. The van der Waals surface area contributed by atoms with E-state index in [2.05, 4.69) is 32.5 Å². The third-order valence-electron chi connectivity index (χ3n) is 3.02. The minimum atomic E-state index is 0.111. The van der Waals surface area contributed by atoms with E-state index >= 15 is 0 Å². The van der Waals surface area contributed by atoms with Gasteiger partial charge in [0.15, 0.2) is 0 Å². The van der Waals surface area contributed by atoms with E-state index in [0.29, 0.717) is 12.6 Å². The van der Waals surface area contributed by atoms with E-state index in [4.69, 9.17) is 5.73 Å². The van der Waals surface area contributed by atoms with Crippen LogP contribution < -0.4 is 16.4 Å². The van der Waals surface area contributed by atoms with Crippen molar-refractivity contribution in [2.24, 2.45) is 5.73 Å². The highest BCUT2D eigenvalue weighted by Crippen LogP contribution is 2.14. The molecule has 0 radical (unpaired) electrons. The van der Waals surface area contributed by atoms with E-state index in [0.717, 1.165) is 31.1 Å². The normalized spacial score (nSPS) is 21.8. The summed E-state index contributed by atoms with van der Waals surface area (Å²) in [6, 6.07) is 2.52. The largest absolute Gasteiger partial charge is 0.368 e. The van der Waals surface area contributed by atoms with Gasteiger partial charge >= 0.3 is 0 Å². The molecule has 6 heteroatoms. The van der Waals surface area contributed by atoms with Crippen LogP contribution in [0.4, 0.5) is 11.6 Å². The van der Waals surface area contributed by atoms with E-state index in [1.54, 1.807) is 6.33 Å². The second kappa shape index (κ2) is 5.97. The van der Waals surface area contributed by atoms with Gasteiger partial charge < -0.3 is 21.3 Å². The zero-order valence-electron chi connectivity index (χ0n) is 11.1. The van der Waals surface area contributed by atoms with Gasteiger partial charge in [0.05, 0.1) is 0 Å². The summed E-state index contributed by atoms with van der Waals surface area (Å²) in [6.07, 6.45) is 2.73. The molecule has 2 heterocycles. The maximum absolute atomic E-state index is 5.70. The van der Waals surface area contributed by atoms with Gasteiger partial charge in [0.1, 0.15) is 18.0 Å². The summed E-state index contributed by atoms with van der Waals surface area (Å²) < 4.78 is 0. The monoisotopic (exact) mass is 250 g/mol. The summed E-state index contributed by atoms with van der Waals surface area (Å²) in [5.74, 6) is 1.69. The lowest BCUT2D eigenvalue weighted by atomic mass is 10.2. The Bertz CT molecular complexity index is 381. The zero-order valence-corrected chi connectivity index (χ0v) is 11.1. The smallest absolute Gasteiger partial charge is 0.131 e. The molecule has 0 aliphatic carbocycles. The van der Waals surface area contributed by atoms with Gasteiger partial charge in [-0.3, -0.25) is 0 Å². The molecular formula is C12H22N6. The minimum Gasteiger partial charge on any atom is -0.368 e. The molecule has 0 aromatic carbocycles. The molecule has 4 N–H and O–H groups in total. The predicted molar refractivity (Wildman–Crippen MR) is 73.7 cm³/mol. The SMILES string of the molecule is CC(N)CNc1cc(NC2CCN(C)C2)ncn1. The van der Waals surface area contributed by atoms with Crippen LogP contribution >= 0.6 is 0 Å². The molecule has 1 fully saturated rings. The van der Waals surface area contributed by atoms with Crippen molar-refractivity contribution in [1.29, 1.82) is 0 Å². The highest BCUT2D eigenvalue weighted by atomic mass is 15.2. The molecule has 18 heavy (non-hydrogen) atoms. The molecule has 1 aromatic heterocycles. The summed E-state index contributed by atoms with van der Waals surface area (Å²) in [6.45, 7) is 4.87. The molecular weight excluding hydrogens is 228 g/mol. The van der Waals surface area contributed by atoms with Crippen LogP contribution in [0.1, 0.15) is 13.3 Å². The molecule has 1 aliphatic rings. The Morgan fingerprint density at radius 3 is 2.94 bits per heavy atom. The number of hydrogen-bond acceptors (Lipinski definition) is 6. The lowest BCUT2D eigenvalue weighted by Gasteiger charge is -2.14. The summed E-state index contributed by atoms with van der Waals surface area (Å²) >= 11 is 0. The molecule has 0 amide bonds. The average Bonchev–Trinajstić information content (AvgIpc) is 2.73. The zero-order chi connectivity index (χ0) is 13.0. The quantitative estimate of drug-likeness (QED) is 0.700. The van der Waals surface area contributed by atoms with Crippen molar-refractivity contribution in [3.63, 3.8) is 0 Å². The van der Waals surface area contributed by atoms with Crippen molar-refractivity contribution >= 4 is 11.6 Å². The number of hydrogen-bond donors (Lipinski definition) is 3. The van der Waals surface area contributed by atoms with Crippen LogP contribution in [0.15, 0.2) is 12.4 Å². The van der Waals surface area contributed by atoms with E-state index in [1.807, 2.05) is 13.0 Å².